The average molecular weight is 386 g/mol. The van der Waals surface area contributed by atoms with Gasteiger partial charge in [-0.3, -0.25) is 14.9 Å². The van der Waals surface area contributed by atoms with Crippen LogP contribution in [0, 0.1) is 28.4 Å². The monoisotopic (exact) mass is 385 g/mol. The van der Waals surface area contributed by atoms with Gasteiger partial charge in [0.05, 0.1) is 15.6 Å². The van der Waals surface area contributed by atoms with Gasteiger partial charge < -0.3 is 14.8 Å². The molecule has 0 radical (unpaired) electrons. The van der Waals surface area contributed by atoms with E-state index in [0.29, 0.717) is 22.6 Å². The Hall–Kier alpha value is -3.57. The Kier molecular flexibility index (Phi) is 4.96. The van der Waals surface area contributed by atoms with E-state index in [1.807, 2.05) is 0 Å². The van der Waals surface area contributed by atoms with E-state index in [4.69, 9.17) is 21.1 Å². The molecule has 0 spiro atoms. The number of nitro groups is 1. The summed E-state index contributed by atoms with van der Waals surface area (Å²) in [5, 5.41) is 23.0. The second-order valence-corrected chi connectivity index (χ2v) is 6.01. The second kappa shape index (κ2) is 7.35. The first-order valence-corrected chi connectivity index (χ1v) is 8.04. The minimum absolute atomic E-state index is 0.0660. The van der Waals surface area contributed by atoms with E-state index in [0.717, 1.165) is 0 Å². The third kappa shape index (κ3) is 3.83. The van der Waals surface area contributed by atoms with Crippen molar-refractivity contribution in [3.05, 3.63) is 62.2 Å². The van der Waals surface area contributed by atoms with Gasteiger partial charge in [0, 0.05) is 18.2 Å². The van der Waals surface area contributed by atoms with Crippen LogP contribution in [-0.2, 0) is 4.79 Å². The SMILES string of the molecule is Cc1ccc([N+](=O)[O-])cc1NC(=O)/C(C#N)=C/c1cc2c(cc1Cl)OCO2. The Balaban J connectivity index is 1.90. The van der Waals surface area contributed by atoms with Crippen LogP contribution in [0.25, 0.3) is 6.08 Å². The summed E-state index contributed by atoms with van der Waals surface area (Å²) in [7, 11) is 0. The molecule has 0 saturated heterocycles. The molecular formula is C18H12ClN3O5. The number of nitrogens with one attached hydrogen (secondary N) is 1. The summed E-state index contributed by atoms with van der Waals surface area (Å²) in [4.78, 5) is 22.8. The third-order valence-corrected chi connectivity index (χ3v) is 4.16. The Bertz CT molecular complexity index is 1030. The van der Waals surface area contributed by atoms with Crippen molar-refractivity contribution in [3.8, 4) is 17.6 Å². The number of hydrogen-bond acceptors (Lipinski definition) is 6. The summed E-state index contributed by atoms with van der Waals surface area (Å²) in [5.74, 6) is 0.222. The van der Waals surface area contributed by atoms with Crippen molar-refractivity contribution in [2.24, 2.45) is 0 Å². The molecule has 0 bridgehead atoms. The van der Waals surface area contributed by atoms with Crippen LogP contribution in [0.4, 0.5) is 11.4 Å². The van der Waals surface area contributed by atoms with Gasteiger partial charge in [-0.25, -0.2) is 0 Å². The molecule has 0 aromatic heterocycles. The van der Waals surface area contributed by atoms with E-state index < -0.39 is 10.8 Å². The van der Waals surface area contributed by atoms with Crippen LogP contribution in [-0.4, -0.2) is 17.6 Å². The number of halogens is 1. The lowest BCUT2D eigenvalue weighted by atomic mass is 10.1. The molecule has 0 fully saturated rings. The van der Waals surface area contributed by atoms with Crippen LogP contribution in [0.2, 0.25) is 5.02 Å². The number of fused-ring (bicyclic) bond motifs is 1. The zero-order valence-corrected chi connectivity index (χ0v) is 14.7. The Labute approximate surface area is 158 Å². The highest BCUT2D eigenvalue weighted by molar-refractivity contribution is 6.32. The van der Waals surface area contributed by atoms with E-state index in [1.165, 1.54) is 30.3 Å². The average Bonchev–Trinajstić information content (AvgIpc) is 3.08. The van der Waals surface area contributed by atoms with E-state index in [9.17, 15) is 20.2 Å². The lowest BCUT2D eigenvalue weighted by Gasteiger charge is -2.08. The van der Waals surface area contributed by atoms with Crippen molar-refractivity contribution >= 4 is 35.0 Å². The molecule has 8 nitrogen and oxygen atoms in total. The molecule has 1 aliphatic heterocycles. The number of nitrogens with zero attached hydrogens (tertiary/aromatic N) is 2. The molecule has 0 atom stereocenters. The number of aryl methyl sites for hydroxylation is 1. The fraction of sp³-hybridized carbons (Fsp3) is 0.111. The molecule has 9 heteroatoms. The summed E-state index contributed by atoms with van der Waals surface area (Å²) >= 11 is 6.16. The molecule has 1 N–H and O–H groups in total. The van der Waals surface area contributed by atoms with Crippen molar-refractivity contribution in [3.63, 3.8) is 0 Å². The lowest BCUT2D eigenvalue weighted by molar-refractivity contribution is -0.384. The van der Waals surface area contributed by atoms with Crippen LogP contribution in [0.15, 0.2) is 35.9 Å². The van der Waals surface area contributed by atoms with Gasteiger partial charge in [-0.1, -0.05) is 17.7 Å². The van der Waals surface area contributed by atoms with Crippen LogP contribution >= 0.6 is 11.6 Å². The molecule has 3 rings (SSSR count). The van der Waals surface area contributed by atoms with Gasteiger partial charge in [-0.15, -0.1) is 0 Å². The number of non-ortho nitro benzene ring substituents is 1. The molecular weight excluding hydrogens is 374 g/mol. The van der Waals surface area contributed by atoms with Crippen LogP contribution in [0.3, 0.4) is 0 Å². The standard InChI is InChI=1S/C18H12ClN3O5/c1-10-2-3-13(22(24)25)6-15(10)21-18(23)12(8-20)4-11-5-16-17(7-14(11)19)27-9-26-16/h2-7H,9H2,1H3,(H,21,23)/b12-4+. The summed E-state index contributed by atoms with van der Waals surface area (Å²) in [6, 6.07) is 8.98. The number of hydrogen-bond donors (Lipinski definition) is 1. The lowest BCUT2D eigenvalue weighted by Crippen LogP contribution is -2.14. The van der Waals surface area contributed by atoms with E-state index in [1.54, 1.807) is 19.1 Å². The van der Waals surface area contributed by atoms with Crippen LogP contribution in [0.5, 0.6) is 11.5 Å². The van der Waals surface area contributed by atoms with E-state index in [2.05, 4.69) is 5.32 Å². The first kappa shape index (κ1) is 18.2. The maximum Gasteiger partial charge on any atom is 0.271 e. The molecule has 0 aliphatic carbocycles. The molecule has 0 unspecified atom stereocenters. The predicted molar refractivity (Wildman–Crippen MR) is 97.6 cm³/mol. The van der Waals surface area contributed by atoms with Crippen molar-refractivity contribution < 1.29 is 19.2 Å². The largest absolute Gasteiger partial charge is 0.454 e. The van der Waals surface area contributed by atoms with Gasteiger partial charge in [0.25, 0.3) is 11.6 Å². The fourth-order valence-electron chi connectivity index (χ4n) is 2.40. The molecule has 1 amide bonds. The Morgan fingerprint density at radius 3 is 2.70 bits per heavy atom. The van der Waals surface area contributed by atoms with Crippen LogP contribution < -0.4 is 14.8 Å². The van der Waals surface area contributed by atoms with E-state index >= 15 is 0 Å². The fourth-order valence-corrected chi connectivity index (χ4v) is 2.60. The number of benzene rings is 2. The highest BCUT2D eigenvalue weighted by Crippen LogP contribution is 2.37. The molecule has 27 heavy (non-hydrogen) atoms. The molecule has 1 aliphatic rings. The molecule has 2 aromatic rings. The normalized spacial score (nSPS) is 12.4. The van der Waals surface area contributed by atoms with Crippen molar-refractivity contribution in [2.75, 3.05) is 12.1 Å². The number of nitro benzene ring substituents is 1. The third-order valence-electron chi connectivity index (χ3n) is 3.84. The minimum Gasteiger partial charge on any atom is -0.454 e. The van der Waals surface area contributed by atoms with Crippen molar-refractivity contribution in [1.29, 1.82) is 5.26 Å². The molecule has 2 aromatic carbocycles. The quantitative estimate of drug-likeness (QED) is 0.370. The first-order chi connectivity index (χ1) is 12.9. The number of nitriles is 1. The molecule has 0 saturated carbocycles. The first-order valence-electron chi connectivity index (χ1n) is 7.66. The number of anilines is 1. The van der Waals surface area contributed by atoms with E-state index in [-0.39, 0.29) is 28.8 Å². The summed E-state index contributed by atoms with van der Waals surface area (Å²) in [6.45, 7) is 1.75. The smallest absolute Gasteiger partial charge is 0.271 e. The van der Waals surface area contributed by atoms with Gasteiger partial charge >= 0.3 is 0 Å². The topological polar surface area (TPSA) is 114 Å². The molecule has 136 valence electrons. The van der Waals surface area contributed by atoms with Gasteiger partial charge in [-0.05, 0) is 30.2 Å². The second-order valence-electron chi connectivity index (χ2n) is 5.61. The van der Waals surface area contributed by atoms with Gasteiger partial charge in [0.2, 0.25) is 6.79 Å². The summed E-state index contributed by atoms with van der Waals surface area (Å²) in [6.07, 6.45) is 1.31. The van der Waals surface area contributed by atoms with Crippen molar-refractivity contribution in [1.82, 2.24) is 0 Å². The highest BCUT2D eigenvalue weighted by Gasteiger charge is 2.18. The predicted octanol–water partition coefficient (Wildman–Crippen LogP) is 3.83. The summed E-state index contributed by atoms with van der Waals surface area (Å²) in [5.41, 5.74) is 0.877. The number of rotatable bonds is 4. The molecule has 1 heterocycles. The van der Waals surface area contributed by atoms with Crippen LogP contribution in [0.1, 0.15) is 11.1 Å². The maximum atomic E-state index is 12.5. The Morgan fingerprint density at radius 2 is 2.04 bits per heavy atom. The van der Waals surface area contributed by atoms with Gasteiger partial charge in [0.15, 0.2) is 11.5 Å². The zero-order valence-electron chi connectivity index (χ0n) is 14.0. The number of amides is 1. The Morgan fingerprint density at radius 1 is 1.33 bits per heavy atom. The zero-order chi connectivity index (χ0) is 19.6. The summed E-state index contributed by atoms with van der Waals surface area (Å²) < 4.78 is 10.5. The van der Waals surface area contributed by atoms with Crippen molar-refractivity contribution in [2.45, 2.75) is 6.92 Å². The number of ether oxygens (including phenoxy) is 2. The maximum absolute atomic E-state index is 12.5. The highest BCUT2D eigenvalue weighted by atomic mass is 35.5. The number of carbonyl (C=O) groups is 1. The van der Waals surface area contributed by atoms with Gasteiger partial charge in [-0.2, -0.15) is 5.26 Å². The number of carbonyl (C=O) groups excluding carboxylic acids is 1. The minimum atomic E-state index is -0.713. The van der Waals surface area contributed by atoms with Gasteiger partial charge in [0.1, 0.15) is 11.6 Å².